The highest BCUT2D eigenvalue weighted by Gasteiger charge is 2.07. The van der Waals surface area contributed by atoms with E-state index in [1.54, 1.807) is 0 Å². The summed E-state index contributed by atoms with van der Waals surface area (Å²) in [6, 6.07) is 2.03. The van der Waals surface area contributed by atoms with E-state index in [-0.39, 0.29) is 5.25 Å². The maximum atomic E-state index is 5.33. The largest absolute Gasteiger partial charge is 0.466 e. The van der Waals surface area contributed by atoms with Crippen molar-refractivity contribution in [2.75, 3.05) is 0 Å². The fourth-order valence-electron chi connectivity index (χ4n) is 1.07. The minimum Gasteiger partial charge on any atom is -0.466 e. The molecule has 1 aromatic rings. The Kier molecular flexibility index (Phi) is 2.09. The fourth-order valence-corrected chi connectivity index (χ4v) is 1.32. The number of hydrogen-bond acceptors (Lipinski definition) is 2. The Morgan fingerprint density at radius 1 is 1.50 bits per heavy atom. The molecule has 0 aliphatic heterocycles. The van der Waals surface area contributed by atoms with E-state index >= 15 is 0 Å². The van der Waals surface area contributed by atoms with Gasteiger partial charge in [-0.05, 0) is 26.8 Å². The van der Waals surface area contributed by atoms with Crippen LogP contribution in [0.25, 0.3) is 0 Å². The van der Waals surface area contributed by atoms with E-state index in [4.69, 9.17) is 4.42 Å². The summed E-state index contributed by atoms with van der Waals surface area (Å²) in [4.78, 5) is 0. The lowest BCUT2D eigenvalue weighted by atomic mass is 10.2. The lowest BCUT2D eigenvalue weighted by Crippen LogP contribution is -1.81. The first-order valence-electron chi connectivity index (χ1n) is 3.36. The van der Waals surface area contributed by atoms with Gasteiger partial charge in [-0.25, -0.2) is 0 Å². The van der Waals surface area contributed by atoms with E-state index in [1.165, 1.54) is 5.56 Å². The molecule has 56 valence electrons. The second-order valence-corrected chi connectivity index (χ2v) is 3.32. The van der Waals surface area contributed by atoms with Crippen molar-refractivity contribution in [3.05, 3.63) is 23.2 Å². The highest BCUT2D eigenvalue weighted by atomic mass is 32.1. The van der Waals surface area contributed by atoms with E-state index < -0.39 is 0 Å². The molecule has 1 rings (SSSR count). The number of furan rings is 1. The maximum Gasteiger partial charge on any atom is 0.105 e. The van der Waals surface area contributed by atoms with Gasteiger partial charge >= 0.3 is 0 Å². The van der Waals surface area contributed by atoms with E-state index in [0.29, 0.717) is 0 Å². The zero-order valence-corrected chi connectivity index (χ0v) is 7.40. The normalized spacial score (nSPS) is 13.6. The van der Waals surface area contributed by atoms with E-state index in [9.17, 15) is 0 Å². The highest BCUT2D eigenvalue weighted by molar-refractivity contribution is 7.80. The van der Waals surface area contributed by atoms with Crippen LogP contribution in [0.2, 0.25) is 0 Å². The molecule has 0 aromatic carbocycles. The molecule has 1 heterocycles. The second-order valence-electron chi connectivity index (χ2n) is 2.54. The van der Waals surface area contributed by atoms with Gasteiger partial charge < -0.3 is 4.42 Å². The first kappa shape index (κ1) is 7.73. The zero-order chi connectivity index (χ0) is 7.72. The van der Waals surface area contributed by atoms with Crippen LogP contribution in [0.15, 0.2) is 10.5 Å². The lowest BCUT2D eigenvalue weighted by molar-refractivity contribution is 0.501. The SMILES string of the molecule is Cc1cc(C(C)S)c(C)o1. The Balaban J connectivity index is 3.03. The van der Waals surface area contributed by atoms with Gasteiger partial charge in [-0.3, -0.25) is 0 Å². The van der Waals surface area contributed by atoms with Crippen molar-refractivity contribution in [3.8, 4) is 0 Å². The van der Waals surface area contributed by atoms with Crippen LogP contribution < -0.4 is 0 Å². The minimum atomic E-state index is 0.275. The first-order valence-corrected chi connectivity index (χ1v) is 3.88. The van der Waals surface area contributed by atoms with Crippen molar-refractivity contribution in [1.29, 1.82) is 0 Å². The van der Waals surface area contributed by atoms with Crippen LogP contribution in [0.5, 0.6) is 0 Å². The zero-order valence-electron chi connectivity index (χ0n) is 6.51. The van der Waals surface area contributed by atoms with Crippen LogP contribution in [-0.2, 0) is 0 Å². The van der Waals surface area contributed by atoms with Crippen LogP contribution in [0.4, 0.5) is 0 Å². The van der Waals surface area contributed by atoms with E-state index in [1.807, 2.05) is 26.8 Å². The molecule has 1 unspecified atom stereocenters. The highest BCUT2D eigenvalue weighted by Crippen LogP contribution is 2.24. The van der Waals surface area contributed by atoms with Gasteiger partial charge in [-0.15, -0.1) is 0 Å². The van der Waals surface area contributed by atoms with Gasteiger partial charge in [0.15, 0.2) is 0 Å². The smallest absolute Gasteiger partial charge is 0.105 e. The third-order valence-electron chi connectivity index (χ3n) is 1.53. The Morgan fingerprint density at radius 3 is 2.30 bits per heavy atom. The monoisotopic (exact) mass is 156 g/mol. The van der Waals surface area contributed by atoms with Crippen LogP contribution in [0.1, 0.15) is 29.3 Å². The fraction of sp³-hybridized carbons (Fsp3) is 0.500. The summed E-state index contributed by atoms with van der Waals surface area (Å²) in [7, 11) is 0. The predicted molar refractivity (Wildman–Crippen MR) is 45.6 cm³/mol. The lowest BCUT2D eigenvalue weighted by Gasteiger charge is -1.98. The van der Waals surface area contributed by atoms with Crippen molar-refractivity contribution in [2.45, 2.75) is 26.0 Å². The number of aryl methyl sites for hydroxylation is 2. The quantitative estimate of drug-likeness (QED) is 0.617. The molecule has 0 spiro atoms. The summed E-state index contributed by atoms with van der Waals surface area (Å²) in [5, 5.41) is 0.275. The van der Waals surface area contributed by atoms with Gasteiger partial charge in [0.2, 0.25) is 0 Å². The molecule has 0 bridgehead atoms. The average molecular weight is 156 g/mol. The molecule has 2 heteroatoms. The Hall–Kier alpha value is -0.370. The predicted octanol–water partition coefficient (Wildman–Crippen LogP) is 2.89. The van der Waals surface area contributed by atoms with Gasteiger partial charge in [0, 0.05) is 10.8 Å². The summed E-state index contributed by atoms with van der Waals surface area (Å²) in [5.41, 5.74) is 1.20. The van der Waals surface area contributed by atoms with Crippen LogP contribution >= 0.6 is 12.6 Å². The Morgan fingerprint density at radius 2 is 2.10 bits per heavy atom. The van der Waals surface area contributed by atoms with Gasteiger partial charge in [0.05, 0.1) is 0 Å². The summed E-state index contributed by atoms with van der Waals surface area (Å²) < 4.78 is 5.33. The summed E-state index contributed by atoms with van der Waals surface area (Å²) in [6.07, 6.45) is 0. The molecule has 1 atom stereocenters. The van der Waals surface area contributed by atoms with Crippen molar-refractivity contribution in [1.82, 2.24) is 0 Å². The van der Waals surface area contributed by atoms with Gasteiger partial charge in [0.25, 0.3) is 0 Å². The molecule has 1 aromatic heterocycles. The van der Waals surface area contributed by atoms with Crippen LogP contribution in [-0.4, -0.2) is 0 Å². The third kappa shape index (κ3) is 1.37. The van der Waals surface area contributed by atoms with Crippen molar-refractivity contribution in [2.24, 2.45) is 0 Å². The Bertz CT molecular complexity index is 225. The third-order valence-corrected chi connectivity index (χ3v) is 1.81. The van der Waals surface area contributed by atoms with Gasteiger partial charge in [-0.1, -0.05) is 0 Å². The summed E-state index contributed by atoms with van der Waals surface area (Å²) in [5.74, 6) is 1.95. The molecule has 0 saturated heterocycles. The number of thiol groups is 1. The molecule has 10 heavy (non-hydrogen) atoms. The molecular formula is C8H12OS. The van der Waals surface area contributed by atoms with Gasteiger partial charge in [0.1, 0.15) is 11.5 Å². The molecule has 0 amide bonds. The number of hydrogen-bond donors (Lipinski definition) is 1. The second kappa shape index (κ2) is 2.70. The molecule has 0 aliphatic rings. The van der Waals surface area contributed by atoms with Gasteiger partial charge in [-0.2, -0.15) is 12.6 Å². The summed E-state index contributed by atoms with van der Waals surface area (Å²) >= 11 is 4.31. The molecule has 0 aliphatic carbocycles. The van der Waals surface area contributed by atoms with Crippen LogP contribution in [0, 0.1) is 13.8 Å². The molecule has 0 saturated carbocycles. The average Bonchev–Trinajstić information content (AvgIpc) is 2.10. The molecule has 0 radical (unpaired) electrons. The maximum absolute atomic E-state index is 5.33. The topological polar surface area (TPSA) is 13.1 Å². The van der Waals surface area contributed by atoms with Crippen molar-refractivity contribution < 1.29 is 4.42 Å². The molecule has 0 N–H and O–H groups in total. The minimum absolute atomic E-state index is 0.275. The molecule has 0 fully saturated rings. The van der Waals surface area contributed by atoms with E-state index in [0.717, 1.165) is 11.5 Å². The van der Waals surface area contributed by atoms with Crippen molar-refractivity contribution >= 4 is 12.6 Å². The standard InChI is InChI=1S/C8H12OS/c1-5-4-8(7(3)10)6(2)9-5/h4,7,10H,1-3H3. The Labute approximate surface area is 66.8 Å². The first-order chi connectivity index (χ1) is 4.61. The van der Waals surface area contributed by atoms with E-state index in [2.05, 4.69) is 12.6 Å². The molecule has 1 nitrogen and oxygen atoms in total. The summed E-state index contributed by atoms with van der Waals surface area (Å²) in [6.45, 7) is 5.96. The van der Waals surface area contributed by atoms with Crippen molar-refractivity contribution in [3.63, 3.8) is 0 Å². The van der Waals surface area contributed by atoms with Crippen LogP contribution in [0.3, 0.4) is 0 Å². The number of rotatable bonds is 1. The molecular weight excluding hydrogens is 144 g/mol.